The van der Waals surface area contributed by atoms with Crippen molar-refractivity contribution in [2.24, 2.45) is 19.5 Å². The van der Waals surface area contributed by atoms with Gasteiger partial charge in [-0.25, -0.2) is 14.6 Å². The average molecular weight is 625 g/mol. The number of halogens is 1. The van der Waals surface area contributed by atoms with E-state index in [9.17, 15) is 14.9 Å². The Balaban J connectivity index is 1.27. The second kappa shape index (κ2) is 10.7. The Morgan fingerprint density at radius 1 is 1.18 bits per heavy atom. The first-order chi connectivity index (χ1) is 21.6. The summed E-state index contributed by atoms with van der Waals surface area (Å²) in [5.41, 5.74) is 3.01. The number of pyridine rings is 2. The molecule has 230 valence electrons. The van der Waals surface area contributed by atoms with Crippen molar-refractivity contribution in [1.29, 1.82) is 5.26 Å². The van der Waals surface area contributed by atoms with Crippen LogP contribution < -0.4 is 10.9 Å². The molecule has 5 heterocycles. The predicted octanol–water partition coefficient (Wildman–Crippen LogP) is 4.68. The van der Waals surface area contributed by atoms with E-state index in [2.05, 4.69) is 32.5 Å². The second-order valence-electron chi connectivity index (χ2n) is 12.3. The number of carbonyl (C=O) groups is 1. The van der Waals surface area contributed by atoms with Gasteiger partial charge in [0.2, 0.25) is 11.7 Å². The van der Waals surface area contributed by atoms with E-state index in [-0.39, 0.29) is 23.6 Å². The summed E-state index contributed by atoms with van der Waals surface area (Å²) in [6.07, 6.45) is 6.15. The zero-order valence-electron chi connectivity index (χ0n) is 25.6. The van der Waals surface area contributed by atoms with Crippen molar-refractivity contribution in [1.82, 2.24) is 39.0 Å². The number of likely N-dealkylation sites (tertiary alicyclic amines) is 1. The number of aryl methyl sites for hydroxylation is 3. The van der Waals surface area contributed by atoms with Crippen LogP contribution in [-0.4, -0.2) is 58.0 Å². The summed E-state index contributed by atoms with van der Waals surface area (Å²) in [5, 5.41) is 25.0. The summed E-state index contributed by atoms with van der Waals surface area (Å²) in [5.74, 6) is 0.403. The van der Waals surface area contributed by atoms with Crippen LogP contribution in [0.3, 0.4) is 0 Å². The minimum absolute atomic E-state index is 0.0184. The van der Waals surface area contributed by atoms with Gasteiger partial charge in [0.05, 0.1) is 24.0 Å². The first-order valence-electron chi connectivity index (χ1n) is 15.1. The molecule has 0 spiro atoms. The van der Waals surface area contributed by atoms with Gasteiger partial charge in [0.15, 0.2) is 0 Å². The van der Waals surface area contributed by atoms with E-state index in [0.29, 0.717) is 66.5 Å². The van der Waals surface area contributed by atoms with E-state index in [4.69, 9.17) is 16.7 Å². The second-order valence-corrected chi connectivity index (χ2v) is 12.7. The van der Waals surface area contributed by atoms with Crippen LogP contribution in [-0.2, 0) is 18.9 Å². The number of benzene rings is 1. The number of nitriles is 1. The number of nitrogens with one attached hydrogen (secondary N) is 1. The lowest BCUT2D eigenvalue weighted by Gasteiger charge is -2.33. The number of fused-ring (bicyclic) bond motifs is 3. The number of aromatic nitrogens is 7. The molecule has 7 rings (SSSR count). The van der Waals surface area contributed by atoms with Crippen LogP contribution in [0.5, 0.6) is 0 Å². The normalized spacial score (nSPS) is 17.0. The molecule has 45 heavy (non-hydrogen) atoms. The minimum atomic E-state index is -0.815. The van der Waals surface area contributed by atoms with Crippen LogP contribution in [0.4, 0.5) is 5.69 Å². The van der Waals surface area contributed by atoms with Crippen molar-refractivity contribution in [2.75, 3.05) is 18.4 Å². The SMILES string of the molecule is Cc1cc(C(C)Nc2ccc(Cl)nc2-c2ncn(C)n2)c2c(c1)c(=O)n(C)c1c2cnn1C1CCN(C(=O)C2(C#N)CC2)CC1. The Kier molecular flexibility index (Phi) is 6.89. The highest BCUT2D eigenvalue weighted by Crippen LogP contribution is 2.47. The van der Waals surface area contributed by atoms with Gasteiger partial charge < -0.3 is 10.2 Å². The van der Waals surface area contributed by atoms with Gasteiger partial charge in [-0.15, -0.1) is 5.10 Å². The summed E-state index contributed by atoms with van der Waals surface area (Å²) < 4.78 is 5.25. The molecule has 1 unspecified atom stereocenters. The van der Waals surface area contributed by atoms with Crippen LogP contribution in [0.1, 0.15) is 55.8 Å². The van der Waals surface area contributed by atoms with Gasteiger partial charge >= 0.3 is 0 Å². The summed E-state index contributed by atoms with van der Waals surface area (Å²) in [6.45, 7) is 5.16. The number of hydrogen-bond acceptors (Lipinski definition) is 8. The van der Waals surface area contributed by atoms with Crippen molar-refractivity contribution in [3.05, 3.63) is 63.4 Å². The number of carbonyl (C=O) groups excluding carboxylic acids is 1. The Morgan fingerprint density at radius 2 is 1.93 bits per heavy atom. The highest BCUT2D eigenvalue weighted by Gasteiger charge is 2.52. The van der Waals surface area contributed by atoms with Gasteiger partial charge in [-0.1, -0.05) is 17.7 Å². The number of piperidine rings is 1. The number of nitrogens with zero attached hydrogens (tertiary/aromatic N) is 9. The van der Waals surface area contributed by atoms with E-state index in [1.807, 2.05) is 41.8 Å². The minimum Gasteiger partial charge on any atom is -0.377 e. The fraction of sp³-hybridized carbons (Fsp3) is 0.406. The molecular formula is C32H33ClN10O2. The zero-order chi connectivity index (χ0) is 31.6. The fourth-order valence-corrected chi connectivity index (χ4v) is 6.78. The van der Waals surface area contributed by atoms with Crippen molar-refractivity contribution < 1.29 is 4.79 Å². The molecule has 2 fully saturated rings. The molecule has 1 aliphatic heterocycles. The molecule has 1 saturated heterocycles. The molecule has 5 aromatic rings. The molecule has 1 aliphatic carbocycles. The molecule has 12 nitrogen and oxygen atoms in total. The largest absolute Gasteiger partial charge is 0.377 e. The molecule has 1 atom stereocenters. The Morgan fingerprint density at radius 3 is 2.60 bits per heavy atom. The van der Waals surface area contributed by atoms with Gasteiger partial charge in [-0.2, -0.15) is 10.4 Å². The topological polar surface area (TPSA) is 140 Å². The van der Waals surface area contributed by atoms with E-state index in [1.54, 1.807) is 35.7 Å². The number of anilines is 1. The third kappa shape index (κ3) is 4.82. The van der Waals surface area contributed by atoms with Gasteiger partial charge in [0.25, 0.3) is 5.56 Å². The summed E-state index contributed by atoms with van der Waals surface area (Å²) in [7, 11) is 3.59. The number of hydrogen-bond donors (Lipinski definition) is 1. The van der Waals surface area contributed by atoms with Gasteiger partial charge in [0.1, 0.15) is 28.2 Å². The van der Waals surface area contributed by atoms with Crippen LogP contribution in [0.25, 0.3) is 33.3 Å². The number of rotatable bonds is 6. The quantitative estimate of drug-likeness (QED) is 0.269. The van der Waals surface area contributed by atoms with Gasteiger partial charge in [0, 0.05) is 49.4 Å². The Hall–Kier alpha value is -4.76. The lowest BCUT2D eigenvalue weighted by Crippen LogP contribution is -2.43. The Labute approximate surface area is 264 Å². The van der Waals surface area contributed by atoms with Crippen molar-refractivity contribution in [2.45, 2.75) is 51.6 Å². The molecule has 2 aliphatic rings. The first kappa shape index (κ1) is 29.0. The van der Waals surface area contributed by atoms with E-state index >= 15 is 0 Å². The molecule has 1 aromatic carbocycles. The smallest absolute Gasteiger partial charge is 0.259 e. The molecule has 0 bridgehead atoms. The lowest BCUT2D eigenvalue weighted by atomic mass is 9.95. The molecular weight excluding hydrogens is 592 g/mol. The van der Waals surface area contributed by atoms with Crippen LogP contribution >= 0.6 is 11.6 Å². The van der Waals surface area contributed by atoms with E-state index in [0.717, 1.165) is 27.5 Å². The molecule has 13 heteroatoms. The maximum atomic E-state index is 13.9. The predicted molar refractivity (Wildman–Crippen MR) is 171 cm³/mol. The molecule has 4 aromatic heterocycles. The summed E-state index contributed by atoms with van der Waals surface area (Å²) in [6, 6.07) is 9.63. The maximum absolute atomic E-state index is 13.9. The fourth-order valence-electron chi connectivity index (χ4n) is 6.63. The standard InChI is InChI=1S/C32H33ClN10O2/c1-18-13-21(19(2)37-24-5-6-25(33)38-27(24)28-35-17-40(3)39-28)26-22(14-18)30(44)41(4)29-23(26)15-36-43(29)20-7-11-42(12-8-20)31(45)32(16-34)9-10-32/h5-6,13-15,17,19-20,37H,7-12H2,1-4H3. The molecule has 1 N–H and O–H groups in total. The summed E-state index contributed by atoms with van der Waals surface area (Å²) >= 11 is 6.26. The molecule has 1 saturated carbocycles. The van der Waals surface area contributed by atoms with Crippen molar-refractivity contribution in [3.63, 3.8) is 0 Å². The van der Waals surface area contributed by atoms with Crippen molar-refractivity contribution >= 4 is 45.0 Å². The molecule has 1 amide bonds. The zero-order valence-corrected chi connectivity index (χ0v) is 26.3. The van der Waals surface area contributed by atoms with Gasteiger partial charge in [-0.3, -0.25) is 18.8 Å². The number of amides is 1. The van der Waals surface area contributed by atoms with Crippen molar-refractivity contribution in [3.8, 4) is 17.6 Å². The molecule has 0 radical (unpaired) electrons. The average Bonchev–Trinajstić information content (AvgIpc) is 3.52. The Bertz CT molecular complexity index is 2090. The highest BCUT2D eigenvalue weighted by molar-refractivity contribution is 6.29. The third-order valence-corrected chi connectivity index (χ3v) is 9.40. The maximum Gasteiger partial charge on any atom is 0.259 e. The summed E-state index contributed by atoms with van der Waals surface area (Å²) in [4.78, 5) is 37.6. The lowest BCUT2D eigenvalue weighted by molar-refractivity contribution is -0.136. The first-order valence-corrected chi connectivity index (χ1v) is 15.5. The monoisotopic (exact) mass is 624 g/mol. The third-order valence-electron chi connectivity index (χ3n) is 9.19. The van der Waals surface area contributed by atoms with E-state index < -0.39 is 5.41 Å². The van der Waals surface area contributed by atoms with Crippen LogP contribution in [0, 0.1) is 23.7 Å². The van der Waals surface area contributed by atoms with Crippen LogP contribution in [0.2, 0.25) is 5.15 Å². The van der Waals surface area contributed by atoms with E-state index in [1.165, 1.54) is 0 Å². The van der Waals surface area contributed by atoms with Gasteiger partial charge in [-0.05, 0) is 68.9 Å². The highest BCUT2D eigenvalue weighted by atomic mass is 35.5. The van der Waals surface area contributed by atoms with Crippen LogP contribution in [0.15, 0.2) is 41.6 Å².